The van der Waals surface area contributed by atoms with Crippen LogP contribution in [0, 0.1) is 5.92 Å². The largest absolute Gasteiger partial charge is 0.463 e. The van der Waals surface area contributed by atoms with Crippen molar-refractivity contribution < 1.29 is 14.3 Å². The molecular formula is C24H28N2O3. The monoisotopic (exact) mass is 392 g/mol. The average molecular weight is 392 g/mol. The summed E-state index contributed by atoms with van der Waals surface area (Å²) >= 11 is 0. The van der Waals surface area contributed by atoms with Crippen LogP contribution in [-0.4, -0.2) is 36.5 Å². The minimum atomic E-state index is -0.359. The second kappa shape index (κ2) is 10.6. The van der Waals surface area contributed by atoms with Gasteiger partial charge in [0.2, 0.25) is 5.91 Å². The number of anilines is 1. The van der Waals surface area contributed by atoms with Crippen molar-refractivity contribution in [1.82, 2.24) is 4.90 Å². The lowest BCUT2D eigenvalue weighted by molar-refractivity contribution is -0.137. The molecule has 0 bridgehead atoms. The number of benzene rings is 2. The maximum absolute atomic E-state index is 12.7. The quantitative estimate of drug-likeness (QED) is 0.569. The smallest absolute Gasteiger partial charge is 0.330 e. The summed E-state index contributed by atoms with van der Waals surface area (Å²) in [5, 5.41) is 3.03. The van der Waals surface area contributed by atoms with Gasteiger partial charge in [-0.15, -0.1) is 0 Å². The Balaban J connectivity index is 1.52. The van der Waals surface area contributed by atoms with Gasteiger partial charge in [-0.25, -0.2) is 4.79 Å². The molecule has 1 atom stereocenters. The van der Waals surface area contributed by atoms with E-state index in [-0.39, 0.29) is 17.8 Å². The van der Waals surface area contributed by atoms with Gasteiger partial charge in [-0.3, -0.25) is 9.69 Å². The number of hydrogen-bond donors (Lipinski definition) is 1. The molecule has 5 nitrogen and oxygen atoms in total. The van der Waals surface area contributed by atoms with Gasteiger partial charge in [0.15, 0.2) is 0 Å². The summed E-state index contributed by atoms with van der Waals surface area (Å²) in [6.07, 6.45) is 5.05. The molecule has 2 aromatic carbocycles. The van der Waals surface area contributed by atoms with Crippen LogP contribution in [0.1, 0.15) is 30.9 Å². The molecule has 3 rings (SSSR count). The third-order valence-electron chi connectivity index (χ3n) is 5.00. The van der Waals surface area contributed by atoms with E-state index < -0.39 is 0 Å². The summed E-state index contributed by atoms with van der Waals surface area (Å²) in [5.74, 6) is -0.296. The normalized spacial score (nSPS) is 17.2. The van der Waals surface area contributed by atoms with Gasteiger partial charge in [0, 0.05) is 24.9 Å². The second-order valence-electron chi connectivity index (χ2n) is 7.26. The van der Waals surface area contributed by atoms with E-state index in [0.717, 1.165) is 43.7 Å². The van der Waals surface area contributed by atoms with E-state index >= 15 is 0 Å². The first-order valence-electron chi connectivity index (χ1n) is 10.2. The minimum Gasteiger partial charge on any atom is -0.463 e. The Labute approximate surface area is 172 Å². The molecule has 0 aromatic heterocycles. The number of nitrogens with zero attached hydrogens (tertiary/aromatic N) is 1. The zero-order valence-corrected chi connectivity index (χ0v) is 16.8. The van der Waals surface area contributed by atoms with E-state index in [2.05, 4.69) is 34.5 Å². The summed E-state index contributed by atoms with van der Waals surface area (Å²) in [4.78, 5) is 26.5. The van der Waals surface area contributed by atoms with Crippen LogP contribution in [0.2, 0.25) is 0 Å². The van der Waals surface area contributed by atoms with Gasteiger partial charge in [0.1, 0.15) is 0 Å². The van der Waals surface area contributed by atoms with Crippen molar-refractivity contribution in [3.8, 4) is 0 Å². The van der Waals surface area contributed by atoms with Crippen molar-refractivity contribution in [2.45, 2.75) is 26.3 Å². The van der Waals surface area contributed by atoms with E-state index in [0.29, 0.717) is 6.61 Å². The molecule has 0 radical (unpaired) electrons. The second-order valence-corrected chi connectivity index (χ2v) is 7.26. The molecule has 1 aliphatic heterocycles. The Bertz CT molecular complexity index is 831. The average Bonchev–Trinajstić information content (AvgIpc) is 2.74. The lowest BCUT2D eigenvalue weighted by atomic mass is 9.96. The number of likely N-dealkylation sites (tertiary alicyclic amines) is 1. The highest BCUT2D eigenvalue weighted by Gasteiger charge is 2.25. The molecule has 0 saturated carbocycles. The fourth-order valence-corrected chi connectivity index (χ4v) is 3.53. The van der Waals surface area contributed by atoms with Gasteiger partial charge < -0.3 is 10.1 Å². The molecule has 1 N–H and O–H groups in total. The number of amides is 1. The Morgan fingerprint density at radius 1 is 1.14 bits per heavy atom. The van der Waals surface area contributed by atoms with E-state index in [9.17, 15) is 9.59 Å². The first-order chi connectivity index (χ1) is 14.1. The van der Waals surface area contributed by atoms with Crippen LogP contribution < -0.4 is 5.32 Å². The third-order valence-corrected chi connectivity index (χ3v) is 5.00. The molecule has 1 saturated heterocycles. The zero-order chi connectivity index (χ0) is 20.5. The number of nitrogens with one attached hydrogen (secondary N) is 1. The van der Waals surface area contributed by atoms with E-state index in [1.54, 1.807) is 13.0 Å². The molecular weight excluding hydrogens is 364 g/mol. The highest BCUT2D eigenvalue weighted by molar-refractivity contribution is 5.93. The Morgan fingerprint density at radius 2 is 1.90 bits per heavy atom. The summed E-state index contributed by atoms with van der Waals surface area (Å²) < 4.78 is 4.87. The molecule has 0 aliphatic carbocycles. The summed E-state index contributed by atoms with van der Waals surface area (Å²) in [5.41, 5.74) is 2.92. The standard InChI is InChI=1S/C24H28N2O3/c1-2-29-23(27)15-12-19-10-13-22(14-11-19)25-24(28)21-9-6-16-26(18-21)17-20-7-4-3-5-8-20/h3-5,7-8,10-15,21H,2,6,9,16-18H2,1H3,(H,25,28). The van der Waals surface area contributed by atoms with Gasteiger partial charge in [0.05, 0.1) is 12.5 Å². The molecule has 5 heteroatoms. The van der Waals surface area contributed by atoms with Crippen LogP contribution in [0.4, 0.5) is 5.69 Å². The van der Waals surface area contributed by atoms with Crippen molar-refractivity contribution >= 4 is 23.6 Å². The first kappa shape index (κ1) is 20.8. The van der Waals surface area contributed by atoms with Crippen LogP contribution in [0.25, 0.3) is 6.08 Å². The summed E-state index contributed by atoms with van der Waals surface area (Å²) in [7, 11) is 0. The first-order valence-corrected chi connectivity index (χ1v) is 10.2. The predicted molar refractivity (Wildman–Crippen MR) is 115 cm³/mol. The lowest BCUT2D eigenvalue weighted by Crippen LogP contribution is -2.40. The topological polar surface area (TPSA) is 58.6 Å². The van der Waals surface area contributed by atoms with Crippen LogP contribution in [-0.2, 0) is 20.9 Å². The molecule has 1 amide bonds. The molecule has 1 unspecified atom stereocenters. The summed E-state index contributed by atoms with van der Waals surface area (Å²) in [6.45, 7) is 4.82. The van der Waals surface area contributed by atoms with Gasteiger partial charge in [-0.05, 0) is 55.6 Å². The Morgan fingerprint density at radius 3 is 2.62 bits per heavy atom. The lowest BCUT2D eigenvalue weighted by Gasteiger charge is -2.32. The number of hydrogen-bond acceptors (Lipinski definition) is 4. The molecule has 1 heterocycles. The van der Waals surface area contributed by atoms with E-state index in [1.165, 1.54) is 11.6 Å². The minimum absolute atomic E-state index is 0.00384. The van der Waals surface area contributed by atoms with Crippen molar-refractivity contribution in [2.24, 2.45) is 5.92 Å². The van der Waals surface area contributed by atoms with Gasteiger partial charge >= 0.3 is 5.97 Å². The number of rotatable bonds is 7. The highest BCUT2D eigenvalue weighted by atomic mass is 16.5. The van der Waals surface area contributed by atoms with Crippen LogP contribution in [0.5, 0.6) is 0 Å². The third kappa shape index (κ3) is 6.57. The molecule has 29 heavy (non-hydrogen) atoms. The molecule has 2 aromatic rings. The predicted octanol–water partition coefficient (Wildman–Crippen LogP) is 4.11. The number of piperidine rings is 1. The number of ether oxygens (including phenoxy) is 1. The van der Waals surface area contributed by atoms with Gasteiger partial charge in [-0.2, -0.15) is 0 Å². The van der Waals surface area contributed by atoms with E-state index in [4.69, 9.17) is 4.74 Å². The molecule has 152 valence electrons. The fourth-order valence-electron chi connectivity index (χ4n) is 3.53. The van der Waals surface area contributed by atoms with Crippen molar-refractivity contribution in [1.29, 1.82) is 0 Å². The molecule has 1 aliphatic rings. The van der Waals surface area contributed by atoms with Crippen LogP contribution in [0.3, 0.4) is 0 Å². The SMILES string of the molecule is CCOC(=O)C=Cc1ccc(NC(=O)C2CCCN(Cc3ccccc3)C2)cc1. The number of carbonyl (C=O) groups excluding carboxylic acids is 2. The highest BCUT2D eigenvalue weighted by Crippen LogP contribution is 2.21. The van der Waals surface area contributed by atoms with Crippen molar-refractivity contribution in [2.75, 3.05) is 25.0 Å². The molecule has 1 fully saturated rings. The van der Waals surface area contributed by atoms with Crippen LogP contribution in [0.15, 0.2) is 60.7 Å². The zero-order valence-electron chi connectivity index (χ0n) is 16.8. The maximum atomic E-state index is 12.7. The summed E-state index contributed by atoms with van der Waals surface area (Å²) in [6, 6.07) is 17.8. The maximum Gasteiger partial charge on any atom is 0.330 e. The molecule has 0 spiro atoms. The van der Waals surface area contributed by atoms with Gasteiger partial charge in [-0.1, -0.05) is 42.5 Å². The van der Waals surface area contributed by atoms with Crippen molar-refractivity contribution in [3.05, 3.63) is 71.8 Å². The van der Waals surface area contributed by atoms with E-state index in [1.807, 2.05) is 30.3 Å². The number of esters is 1. The van der Waals surface area contributed by atoms with Gasteiger partial charge in [0.25, 0.3) is 0 Å². The van der Waals surface area contributed by atoms with Crippen LogP contribution >= 0.6 is 0 Å². The Kier molecular flexibility index (Phi) is 7.59. The Hall–Kier alpha value is -2.92. The number of carbonyl (C=O) groups is 2. The fraction of sp³-hybridized carbons (Fsp3) is 0.333. The van der Waals surface area contributed by atoms with Crippen molar-refractivity contribution in [3.63, 3.8) is 0 Å².